The van der Waals surface area contributed by atoms with E-state index in [1.807, 2.05) is 23.5 Å². The van der Waals surface area contributed by atoms with Crippen LogP contribution in [0.25, 0.3) is 0 Å². The Morgan fingerprint density at radius 1 is 1.33 bits per heavy atom. The van der Waals surface area contributed by atoms with Gasteiger partial charge < -0.3 is 5.32 Å². The third kappa shape index (κ3) is 2.03. The Labute approximate surface area is 111 Å². The molecule has 1 aromatic heterocycles. The molecule has 1 aromatic carbocycles. The number of rotatable bonds is 2. The van der Waals surface area contributed by atoms with Crippen LogP contribution in [0.15, 0.2) is 29.6 Å². The van der Waals surface area contributed by atoms with E-state index in [1.54, 1.807) is 13.0 Å². The summed E-state index contributed by atoms with van der Waals surface area (Å²) in [5.74, 6) is -0.125. The van der Waals surface area contributed by atoms with Gasteiger partial charge in [-0.15, -0.1) is 11.3 Å². The summed E-state index contributed by atoms with van der Waals surface area (Å²) in [4.78, 5) is 1.45. The molecule has 1 aliphatic carbocycles. The van der Waals surface area contributed by atoms with Gasteiger partial charge in [0.2, 0.25) is 0 Å². The highest BCUT2D eigenvalue weighted by Gasteiger charge is 2.21. The molecule has 0 fully saturated rings. The van der Waals surface area contributed by atoms with Crippen LogP contribution in [0.3, 0.4) is 0 Å². The van der Waals surface area contributed by atoms with Gasteiger partial charge in [0.1, 0.15) is 5.82 Å². The molecule has 1 N–H and O–H groups in total. The lowest BCUT2D eigenvalue weighted by Crippen LogP contribution is -2.16. The van der Waals surface area contributed by atoms with Crippen LogP contribution in [0.2, 0.25) is 0 Å². The van der Waals surface area contributed by atoms with Crippen molar-refractivity contribution >= 4 is 17.0 Å². The average molecular weight is 261 g/mol. The Morgan fingerprint density at radius 3 is 3.11 bits per heavy atom. The van der Waals surface area contributed by atoms with Crippen molar-refractivity contribution in [3.8, 4) is 0 Å². The third-order valence-corrected chi connectivity index (χ3v) is 4.57. The van der Waals surface area contributed by atoms with Crippen molar-refractivity contribution < 1.29 is 4.39 Å². The van der Waals surface area contributed by atoms with E-state index in [0.717, 1.165) is 6.42 Å². The van der Waals surface area contributed by atoms with Crippen LogP contribution in [-0.2, 0) is 6.42 Å². The zero-order valence-corrected chi connectivity index (χ0v) is 11.2. The minimum Gasteiger partial charge on any atom is -0.376 e. The number of fused-ring (bicyclic) bond motifs is 1. The summed E-state index contributed by atoms with van der Waals surface area (Å²) in [6, 6.07) is 7.96. The van der Waals surface area contributed by atoms with Crippen molar-refractivity contribution in [2.24, 2.45) is 0 Å². The van der Waals surface area contributed by atoms with Gasteiger partial charge in [-0.1, -0.05) is 12.1 Å². The number of thiophene rings is 1. The largest absolute Gasteiger partial charge is 0.376 e. The first kappa shape index (κ1) is 11.7. The summed E-state index contributed by atoms with van der Waals surface area (Å²) < 4.78 is 14.0. The maximum Gasteiger partial charge on any atom is 0.149 e. The average Bonchev–Trinajstić information content (AvgIpc) is 2.84. The van der Waals surface area contributed by atoms with Gasteiger partial charge in [0.15, 0.2) is 0 Å². The highest BCUT2D eigenvalue weighted by molar-refractivity contribution is 7.10. The molecule has 0 aliphatic heterocycles. The molecule has 2 aromatic rings. The summed E-state index contributed by atoms with van der Waals surface area (Å²) in [5.41, 5.74) is 2.67. The quantitative estimate of drug-likeness (QED) is 0.827. The summed E-state index contributed by atoms with van der Waals surface area (Å²) in [6.07, 6.45) is 3.43. The lowest BCUT2D eigenvalue weighted by molar-refractivity contribution is 0.589. The molecule has 94 valence electrons. The lowest BCUT2D eigenvalue weighted by Gasteiger charge is -2.25. The highest BCUT2D eigenvalue weighted by atomic mass is 32.1. The van der Waals surface area contributed by atoms with Crippen molar-refractivity contribution in [2.75, 3.05) is 5.32 Å². The molecular formula is C15H16FNS. The molecule has 0 bridgehead atoms. The molecule has 0 amide bonds. The van der Waals surface area contributed by atoms with Crippen LogP contribution in [0.4, 0.5) is 10.1 Å². The van der Waals surface area contributed by atoms with Crippen molar-refractivity contribution in [1.29, 1.82) is 0 Å². The summed E-state index contributed by atoms with van der Waals surface area (Å²) >= 11 is 1.81. The van der Waals surface area contributed by atoms with E-state index >= 15 is 0 Å². The molecule has 3 heteroatoms. The Bertz CT molecular complexity index is 561. The fraction of sp³-hybridized carbons (Fsp3) is 0.333. The van der Waals surface area contributed by atoms with Crippen molar-refractivity contribution in [1.82, 2.24) is 0 Å². The molecule has 1 aliphatic rings. The van der Waals surface area contributed by atoms with E-state index in [2.05, 4.69) is 16.8 Å². The SMILES string of the molecule is Cc1cccc(NC2CCCc3sccc32)c1F. The van der Waals surface area contributed by atoms with E-state index in [4.69, 9.17) is 0 Å². The van der Waals surface area contributed by atoms with Crippen LogP contribution < -0.4 is 5.32 Å². The maximum absolute atomic E-state index is 14.0. The molecule has 1 atom stereocenters. The second-order valence-electron chi connectivity index (χ2n) is 4.82. The van der Waals surface area contributed by atoms with Gasteiger partial charge in [-0.05, 0) is 54.8 Å². The number of anilines is 1. The molecule has 1 unspecified atom stereocenters. The molecule has 1 heterocycles. The Hall–Kier alpha value is -1.35. The lowest BCUT2D eigenvalue weighted by atomic mass is 9.94. The molecule has 18 heavy (non-hydrogen) atoms. The molecule has 0 saturated heterocycles. The molecule has 0 spiro atoms. The number of halogens is 1. The van der Waals surface area contributed by atoms with Crippen LogP contribution >= 0.6 is 11.3 Å². The second-order valence-corrected chi connectivity index (χ2v) is 5.83. The van der Waals surface area contributed by atoms with Crippen LogP contribution in [-0.4, -0.2) is 0 Å². The zero-order chi connectivity index (χ0) is 12.5. The molecule has 3 rings (SSSR count). The van der Waals surface area contributed by atoms with E-state index in [9.17, 15) is 4.39 Å². The normalized spacial score (nSPS) is 18.4. The minimum absolute atomic E-state index is 0.125. The van der Waals surface area contributed by atoms with E-state index in [0.29, 0.717) is 11.3 Å². The van der Waals surface area contributed by atoms with Crippen molar-refractivity contribution in [3.63, 3.8) is 0 Å². The number of hydrogen-bond acceptors (Lipinski definition) is 2. The van der Waals surface area contributed by atoms with Crippen LogP contribution in [0, 0.1) is 12.7 Å². The third-order valence-electron chi connectivity index (χ3n) is 3.57. The fourth-order valence-corrected chi connectivity index (χ4v) is 3.57. The number of nitrogens with one attached hydrogen (secondary N) is 1. The fourth-order valence-electron chi connectivity index (χ4n) is 2.58. The standard InChI is InChI=1S/C15H16FNS/c1-10-4-2-6-13(15(10)16)17-12-5-3-7-14-11(12)8-9-18-14/h2,4,6,8-9,12,17H,3,5,7H2,1H3. The second kappa shape index (κ2) is 4.73. The maximum atomic E-state index is 14.0. The van der Waals surface area contributed by atoms with E-state index in [1.165, 1.54) is 23.3 Å². The van der Waals surface area contributed by atoms with Crippen molar-refractivity contribution in [2.45, 2.75) is 32.2 Å². The van der Waals surface area contributed by atoms with Gasteiger partial charge in [0, 0.05) is 4.88 Å². The topological polar surface area (TPSA) is 12.0 Å². The van der Waals surface area contributed by atoms with Gasteiger partial charge in [-0.25, -0.2) is 4.39 Å². The van der Waals surface area contributed by atoms with Gasteiger partial charge in [-0.2, -0.15) is 0 Å². The smallest absolute Gasteiger partial charge is 0.149 e. The molecule has 0 saturated carbocycles. The summed E-state index contributed by atoms with van der Waals surface area (Å²) in [7, 11) is 0. The first-order chi connectivity index (χ1) is 8.75. The van der Waals surface area contributed by atoms with Gasteiger partial charge in [-0.3, -0.25) is 0 Å². The summed E-state index contributed by atoms with van der Waals surface area (Å²) in [6.45, 7) is 1.80. The summed E-state index contributed by atoms with van der Waals surface area (Å²) in [5, 5.41) is 5.50. The van der Waals surface area contributed by atoms with Crippen LogP contribution in [0.5, 0.6) is 0 Å². The Morgan fingerprint density at radius 2 is 2.22 bits per heavy atom. The molecule has 0 radical (unpaired) electrons. The van der Waals surface area contributed by atoms with Gasteiger partial charge >= 0.3 is 0 Å². The number of aryl methyl sites for hydroxylation is 2. The zero-order valence-electron chi connectivity index (χ0n) is 10.4. The van der Waals surface area contributed by atoms with E-state index in [-0.39, 0.29) is 11.9 Å². The predicted molar refractivity (Wildman–Crippen MR) is 74.8 cm³/mol. The number of benzene rings is 1. The first-order valence-corrected chi connectivity index (χ1v) is 7.21. The Balaban J connectivity index is 1.88. The number of hydrogen-bond donors (Lipinski definition) is 1. The Kier molecular flexibility index (Phi) is 3.08. The van der Waals surface area contributed by atoms with E-state index < -0.39 is 0 Å². The first-order valence-electron chi connectivity index (χ1n) is 6.33. The van der Waals surface area contributed by atoms with Crippen LogP contribution in [0.1, 0.15) is 34.9 Å². The highest BCUT2D eigenvalue weighted by Crippen LogP contribution is 2.36. The predicted octanol–water partition coefficient (Wildman–Crippen LogP) is 4.69. The van der Waals surface area contributed by atoms with Gasteiger partial charge in [0.05, 0.1) is 11.7 Å². The molecular weight excluding hydrogens is 245 g/mol. The minimum atomic E-state index is -0.125. The molecule has 1 nitrogen and oxygen atoms in total. The monoisotopic (exact) mass is 261 g/mol. The van der Waals surface area contributed by atoms with Gasteiger partial charge in [0.25, 0.3) is 0 Å². The van der Waals surface area contributed by atoms with Crippen molar-refractivity contribution in [3.05, 3.63) is 51.5 Å².